The number of amidine groups is 1. The molecule has 0 unspecified atom stereocenters. The summed E-state index contributed by atoms with van der Waals surface area (Å²) in [5.74, 6) is 2.23. The maximum Gasteiger partial charge on any atom is 0.161 e. The van der Waals surface area contributed by atoms with Crippen LogP contribution < -0.4 is 14.9 Å². The van der Waals surface area contributed by atoms with E-state index in [1.807, 2.05) is 26.0 Å². The van der Waals surface area contributed by atoms with Gasteiger partial charge in [0.2, 0.25) is 0 Å². The molecule has 0 aromatic heterocycles. The second kappa shape index (κ2) is 5.73. The van der Waals surface area contributed by atoms with Crippen LogP contribution in [0.25, 0.3) is 0 Å². The van der Waals surface area contributed by atoms with Gasteiger partial charge >= 0.3 is 0 Å². The van der Waals surface area contributed by atoms with Crippen molar-refractivity contribution < 1.29 is 9.47 Å². The normalized spacial score (nSPS) is 13.2. The first-order valence-corrected chi connectivity index (χ1v) is 6.22. The second-order valence-electron chi connectivity index (χ2n) is 4.52. The van der Waals surface area contributed by atoms with Gasteiger partial charge < -0.3 is 9.47 Å². The fourth-order valence-electron chi connectivity index (χ4n) is 1.98. The minimum absolute atomic E-state index is 0.704. The molecule has 1 aliphatic heterocycles. The Hall–Kier alpha value is -2.04. The zero-order valence-electron chi connectivity index (χ0n) is 11.8. The third-order valence-corrected chi connectivity index (χ3v) is 2.90. The number of rotatable bonds is 3. The number of ether oxygens (including phenoxy) is 2. The Bertz CT molecular complexity index is 532. The maximum absolute atomic E-state index is 5.33. The van der Waals surface area contributed by atoms with Crippen molar-refractivity contribution in [2.75, 3.05) is 20.8 Å². The van der Waals surface area contributed by atoms with Crippen LogP contribution in [0, 0.1) is 0 Å². The molecular formula is C14H19N3O2. The average Bonchev–Trinajstić information content (AvgIpc) is 2.43. The average molecular weight is 261 g/mol. The van der Waals surface area contributed by atoms with Crippen molar-refractivity contribution in [2.45, 2.75) is 20.3 Å². The number of hydrogen-bond donors (Lipinski definition) is 1. The first-order valence-electron chi connectivity index (χ1n) is 6.22. The first kappa shape index (κ1) is 13.4. The van der Waals surface area contributed by atoms with Crippen molar-refractivity contribution in [1.82, 2.24) is 5.43 Å². The Kier molecular flexibility index (Phi) is 4.04. The van der Waals surface area contributed by atoms with E-state index in [0.717, 1.165) is 35.8 Å². The van der Waals surface area contributed by atoms with Gasteiger partial charge in [0.05, 0.1) is 14.2 Å². The number of aliphatic imine (C=N–C) groups is 1. The lowest BCUT2D eigenvalue weighted by Gasteiger charge is -2.19. The molecule has 0 spiro atoms. The molecule has 0 amide bonds. The topological polar surface area (TPSA) is 55.2 Å². The van der Waals surface area contributed by atoms with E-state index < -0.39 is 0 Å². The highest BCUT2D eigenvalue weighted by Crippen LogP contribution is 2.32. The summed E-state index contributed by atoms with van der Waals surface area (Å²) in [5, 5.41) is 4.21. The molecular weight excluding hydrogens is 242 g/mol. The molecule has 0 fully saturated rings. The van der Waals surface area contributed by atoms with Crippen LogP contribution in [0.1, 0.15) is 25.0 Å². The lowest BCUT2D eigenvalue weighted by atomic mass is 10.00. The van der Waals surface area contributed by atoms with E-state index in [1.54, 1.807) is 14.2 Å². The predicted molar refractivity (Wildman–Crippen MR) is 76.6 cm³/mol. The van der Waals surface area contributed by atoms with E-state index in [-0.39, 0.29) is 0 Å². The van der Waals surface area contributed by atoms with Gasteiger partial charge in [-0.05, 0) is 38.0 Å². The predicted octanol–water partition coefficient (Wildman–Crippen LogP) is 1.99. The molecule has 0 radical (unpaired) electrons. The van der Waals surface area contributed by atoms with Crippen LogP contribution in [-0.4, -0.2) is 32.3 Å². The van der Waals surface area contributed by atoms with Crippen LogP contribution in [0.4, 0.5) is 0 Å². The van der Waals surface area contributed by atoms with Crippen molar-refractivity contribution in [3.8, 4) is 11.5 Å². The van der Waals surface area contributed by atoms with Crippen molar-refractivity contribution in [1.29, 1.82) is 0 Å². The largest absolute Gasteiger partial charge is 0.493 e. The SMILES string of the molecule is COc1cc2c(cc1OC)C(NN=C(C)C)=NCC2. The first-order chi connectivity index (χ1) is 9.15. The summed E-state index contributed by atoms with van der Waals surface area (Å²) in [6, 6.07) is 3.95. The Labute approximate surface area is 113 Å². The number of nitrogens with zero attached hydrogens (tertiary/aromatic N) is 2. The Morgan fingerprint density at radius 3 is 2.53 bits per heavy atom. The Morgan fingerprint density at radius 2 is 1.89 bits per heavy atom. The number of fused-ring (bicyclic) bond motifs is 1. The molecule has 1 aliphatic rings. The van der Waals surface area contributed by atoms with Gasteiger partial charge in [-0.3, -0.25) is 10.4 Å². The number of methoxy groups -OCH3 is 2. The molecule has 1 aromatic carbocycles. The van der Waals surface area contributed by atoms with Gasteiger partial charge in [-0.15, -0.1) is 0 Å². The van der Waals surface area contributed by atoms with Crippen LogP contribution in [0.15, 0.2) is 22.2 Å². The molecule has 102 valence electrons. The molecule has 1 aromatic rings. The van der Waals surface area contributed by atoms with E-state index in [2.05, 4.69) is 15.5 Å². The molecule has 0 bridgehead atoms. The smallest absolute Gasteiger partial charge is 0.161 e. The van der Waals surface area contributed by atoms with Crippen LogP contribution in [-0.2, 0) is 6.42 Å². The van der Waals surface area contributed by atoms with Crippen molar-refractivity contribution >= 4 is 11.5 Å². The van der Waals surface area contributed by atoms with E-state index in [0.29, 0.717) is 5.75 Å². The maximum atomic E-state index is 5.33. The van der Waals surface area contributed by atoms with Crippen LogP contribution in [0.3, 0.4) is 0 Å². The molecule has 1 N–H and O–H groups in total. The molecule has 0 atom stereocenters. The summed E-state index contributed by atoms with van der Waals surface area (Å²) in [7, 11) is 3.27. The fraction of sp³-hybridized carbons (Fsp3) is 0.429. The Morgan fingerprint density at radius 1 is 1.21 bits per heavy atom. The number of nitrogens with one attached hydrogen (secondary N) is 1. The van der Waals surface area contributed by atoms with Crippen LogP contribution in [0.2, 0.25) is 0 Å². The van der Waals surface area contributed by atoms with Gasteiger partial charge in [-0.25, -0.2) is 0 Å². The number of benzene rings is 1. The van der Waals surface area contributed by atoms with E-state index in [4.69, 9.17) is 9.47 Å². The van der Waals surface area contributed by atoms with Crippen molar-refractivity contribution in [2.24, 2.45) is 10.1 Å². The van der Waals surface area contributed by atoms with Gasteiger partial charge in [0.25, 0.3) is 0 Å². The summed E-state index contributed by atoms with van der Waals surface area (Å²) in [4.78, 5) is 4.48. The zero-order chi connectivity index (χ0) is 13.8. The highest BCUT2D eigenvalue weighted by Gasteiger charge is 2.18. The minimum atomic E-state index is 0.704. The van der Waals surface area contributed by atoms with E-state index >= 15 is 0 Å². The van der Waals surface area contributed by atoms with E-state index in [1.165, 1.54) is 5.56 Å². The molecule has 5 heteroatoms. The zero-order valence-corrected chi connectivity index (χ0v) is 11.8. The van der Waals surface area contributed by atoms with Gasteiger partial charge in [0, 0.05) is 17.8 Å². The molecule has 19 heavy (non-hydrogen) atoms. The summed E-state index contributed by atoms with van der Waals surface area (Å²) >= 11 is 0. The third-order valence-electron chi connectivity index (χ3n) is 2.90. The van der Waals surface area contributed by atoms with Gasteiger partial charge in [0.15, 0.2) is 11.5 Å². The summed E-state index contributed by atoms with van der Waals surface area (Å²) in [6.45, 7) is 4.63. The lowest BCUT2D eigenvalue weighted by Crippen LogP contribution is -2.25. The second-order valence-corrected chi connectivity index (χ2v) is 4.52. The van der Waals surface area contributed by atoms with Crippen molar-refractivity contribution in [3.63, 3.8) is 0 Å². The van der Waals surface area contributed by atoms with Gasteiger partial charge in [-0.1, -0.05) is 0 Å². The molecule has 0 saturated carbocycles. The fourth-order valence-corrected chi connectivity index (χ4v) is 1.98. The number of hydrazone groups is 1. The summed E-state index contributed by atoms with van der Waals surface area (Å²) in [5.41, 5.74) is 6.18. The molecule has 1 heterocycles. The molecule has 2 rings (SSSR count). The van der Waals surface area contributed by atoms with Crippen LogP contribution in [0.5, 0.6) is 11.5 Å². The minimum Gasteiger partial charge on any atom is -0.493 e. The Balaban J connectivity index is 2.40. The summed E-state index contributed by atoms with van der Waals surface area (Å²) < 4.78 is 10.7. The van der Waals surface area contributed by atoms with E-state index in [9.17, 15) is 0 Å². The van der Waals surface area contributed by atoms with Gasteiger partial charge in [-0.2, -0.15) is 5.10 Å². The van der Waals surface area contributed by atoms with Gasteiger partial charge in [0.1, 0.15) is 5.84 Å². The summed E-state index contributed by atoms with van der Waals surface area (Å²) in [6.07, 6.45) is 0.899. The van der Waals surface area contributed by atoms with Crippen LogP contribution >= 0.6 is 0 Å². The molecule has 5 nitrogen and oxygen atoms in total. The third kappa shape index (κ3) is 2.86. The standard InChI is InChI=1S/C14H19N3O2/c1-9(2)16-17-14-11-8-13(19-4)12(18-3)7-10(11)5-6-15-14/h7-8H,5-6H2,1-4H3,(H,15,17). The number of hydrogen-bond acceptors (Lipinski definition) is 5. The molecule has 0 aliphatic carbocycles. The monoisotopic (exact) mass is 261 g/mol. The molecule has 0 saturated heterocycles. The van der Waals surface area contributed by atoms with Crippen molar-refractivity contribution in [3.05, 3.63) is 23.3 Å². The quantitative estimate of drug-likeness (QED) is 0.668. The highest BCUT2D eigenvalue weighted by atomic mass is 16.5. The highest BCUT2D eigenvalue weighted by molar-refractivity contribution is 6.02. The lowest BCUT2D eigenvalue weighted by molar-refractivity contribution is 0.354.